The first-order chi connectivity index (χ1) is 7.26. The predicted octanol–water partition coefficient (Wildman–Crippen LogP) is 3.07. The first kappa shape index (κ1) is 11.1. The highest BCUT2D eigenvalue weighted by Gasteiger charge is 2.23. The molecule has 84 valence electrons. The molecule has 1 aromatic rings. The van der Waals surface area contributed by atoms with E-state index < -0.39 is 0 Å². The van der Waals surface area contributed by atoms with Crippen molar-refractivity contribution >= 4 is 11.3 Å². The van der Waals surface area contributed by atoms with E-state index in [1.165, 1.54) is 34.8 Å². The van der Waals surface area contributed by atoms with Crippen molar-refractivity contribution in [2.45, 2.75) is 52.0 Å². The molecule has 0 saturated heterocycles. The van der Waals surface area contributed by atoms with Crippen molar-refractivity contribution in [3.63, 3.8) is 0 Å². The largest absolute Gasteiger partial charge is 0.322 e. The van der Waals surface area contributed by atoms with E-state index in [1.807, 2.05) is 11.3 Å². The van der Waals surface area contributed by atoms with E-state index in [2.05, 4.69) is 13.8 Å². The topological polar surface area (TPSA) is 38.9 Å². The summed E-state index contributed by atoms with van der Waals surface area (Å²) in [6.45, 7) is 4.44. The molecule has 0 spiro atoms. The van der Waals surface area contributed by atoms with Gasteiger partial charge in [-0.1, -0.05) is 26.7 Å². The summed E-state index contributed by atoms with van der Waals surface area (Å²) in [6, 6.07) is 0.163. The van der Waals surface area contributed by atoms with Gasteiger partial charge in [0.2, 0.25) is 0 Å². The highest BCUT2D eigenvalue weighted by atomic mass is 32.1. The highest BCUT2D eigenvalue weighted by molar-refractivity contribution is 7.11. The molecule has 1 unspecified atom stereocenters. The first-order valence-electron chi connectivity index (χ1n) is 6.00. The van der Waals surface area contributed by atoms with Crippen molar-refractivity contribution in [1.29, 1.82) is 0 Å². The zero-order chi connectivity index (χ0) is 10.8. The monoisotopic (exact) mass is 224 g/mol. The molecule has 0 radical (unpaired) electrons. The van der Waals surface area contributed by atoms with E-state index in [9.17, 15) is 0 Å². The van der Waals surface area contributed by atoms with Gasteiger partial charge in [0.05, 0.1) is 11.7 Å². The number of thiazole rings is 1. The van der Waals surface area contributed by atoms with Gasteiger partial charge in [-0.05, 0) is 25.2 Å². The zero-order valence-corrected chi connectivity index (χ0v) is 10.4. The van der Waals surface area contributed by atoms with Gasteiger partial charge in [-0.25, -0.2) is 4.98 Å². The van der Waals surface area contributed by atoms with Gasteiger partial charge >= 0.3 is 0 Å². The lowest BCUT2D eigenvalue weighted by atomic mass is 9.95. The Kier molecular flexibility index (Phi) is 3.42. The summed E-state index contributed by atoms with van der Waals surface area (Å²) in [5.41, 5.74) is 7.60. The molecular weight excluding hydrogens is 204 g/mol. The Bertz CT molecular complexity index is 307. The molecule has 1 aliphatic rings. The quantitative estimate of drug-likeness (QED) is 0.853. The van der Waals surface area contributed by atoms with E-state index in [0.29, 0.717) is 5.92 Å². The van der Waals surface area contributed by atoms with Gasteiger partial charge in [0.25, 0.3) is 0 Å². The van der Waals surface area contributed by atoms with Gasteiger partial charge in [-0.3, -0.25) is 0 Å². The van der Waals surface area contributed by atoms with Gasteiger partial charge in [-0.15, -0.1) is 11.3 Å². The van der Waals surface area contributed by atoms with Crippen LogP contribution in [0.2, 0.25) is 0 Å². The summed E-state index contributed by atoms with van der Waals surface area (Å²) in [4.78, 5) is 6.19. The van der Waals surface area contributed by atoms with E-state index >= 15 is 0 Å². The minimum absolute atomic E-state index is 0.163. The normalized spacial score (nSPS) is 17.1. The van der Waals surface area contributed by atoms with Crippen LogP contribution in [0.15, 0.2) is 0 Å². The Hall–Kier alpha value is -0.410. The van der Waals surface area contributed by atoms with Crippen molar-refractivity contribution in [2.24, 2.45) is 11.7 Å². The third-order valence-corrected chi connectivity index (χ3v) is 4.71. The fourth-order valence-corrected chi connectivity index (χ4v) is 3.60. The van der Waals surface area contributed by atoms with E-state index in [1.54, 1.807) is 0 Å². The zero-order valence-electron chi connectivity index (χ0n) is 9.62. The summed E-state index contributed by atoms with van der Waals surface area (Å²) >= 11 is 1.85. The molecular formula is C12H20N2S. The van der Waals surface area contributed by atoms with Gasteiger partial charge in [0.1, 0.15) is 5.01 Å². The number of hydrogen-bond acceptors (Lipinski definition) is 3. The maximum Gasteiger partial charge on any atom is 0.110 e. The Labute approximate surface area is 95.9 Å². The summed E-state index contributed by atoms with van der Waals surface area (Å²) in [5.74, 6) is 0.594. The Morgan fingerprint density at radius 2 is 2.07 bits per heavy atom. The molecule has 0 aromatic carbocycles. The Morgan fingerprint density at radius 1 is 1.33 bits per heavy atom. The summed E-state index contributed by atoms with van der Waals surface area (Å²) < 4.78 is 0. The van der Waals surface area contributed by atoms with Crippen LogP contribution in [0.25, 0.3) is 0 Å². The predicted molar refractivity (Wildman–Crippen MR) is 65.1 cm³/mol. The maximum atomic E-state index is 6.27. The van der Waals surface area contributed by atoms with Gasteiger partial charge < -0.3 is 5.73 Å². The second-order valence-corrected chi connectivity index (χ2v) is 5.49. The maximum absolute atomic E-state index is 6.27. The molecule has 0 aliphatic heterocycles. The average molecular weight is 224 g/mol. The Balaban J connectivity index is 2.15. The van der Waals surface area contributed by atoms with Crippen molar-refractivity contribution in [1.82, 2.24) is 4.98 Å². The van der Waals surface area contributed by atoms with Crippen LogP contribution in [0.5, 0.6) is 0 Å². The summed E-state index contributed by atoms with van der Waals surface area (Å²) in [7, 11) is 0. The molecule has 0 bridgehead atoms. The van der Waals surface area contributed by atoms with Crippen LogP contribution in [0.3, 0.4) is 0 Å². The third kappa shape index (κ3) is 2.08. The summed E-state index contributed by atoms with van der Waals surface area (Å²) in [6.07, 6.45) is 5.99. The number of rotatable bonds is 4. The molecule has 2 N–H and O–H groups in total. The molecule has 15 heavy (non-hydrogen) atoms. The number of nitrogens with two attached hydrogens (primary N) is 1. The number of aryl methyl sites for hydroxylation is 2. The fourth-order valence-electron chi connectivity index (χ4n) is 2.35. The molecule has 2 nitrogen and oxygen atoms in total. The Morgan fingerprint density at radius 3 is 2.67 bits per heavy atom. The second kappa shape index (κ2) is 4.62. The molecule has 1 atom stereocenters. The molecule has 3 heteroatoms. The minimum Gasteiger partial charge on any atom is -0.322 e. The molecule has 1 aromatic heterocycles. The van der Waals surface area contributed by atoms with Gasteiger partial charge in [-0.2, -0.15) is 0 Å². The van der Waals surface area contributed by atoms with E-state index in [4.69, 9.17) is 10.7 Å². The van der Waals surface area contributed by atoms with Crippen LogP contribution in [0.1, 0.15) is 54.7 Å². The van der Waals surface area contributed by atoms with Crippen LogP contribution in [0, 0.1) is 5.92 Å². The van der Waals surface area contributed by atoms with E-state index in [0.717, 1.165) is 12.8 Å². The molecule has 0 saturated carbocycles. The minimum atomic E-state index is 0.163. The van der Waals surface area contributed by atoms with Crippen LogP contribution in [0.4, 0.5) is 0 Å². The highest BCUT2D eigenvalue weighted by Crippen LogP contribution is 2.33. The van der Waals surface area contributed by atoms with Crippen molar-refractivity contribution in [3.8, 4) is 0 Å². The van der Waals surface area contributed by atoms with Crippen LogP contribution in [-0.4, -0.2) is 4.98 Å². The lowest BCUT2D eigenvalue weighted by molar-refractivity contribution is 0.404. The van der Waals surface area contributed by atoms with Crippen LogP contribution in [-0.2, 0) is 12.8 Å². The van der Waals surface area contributed by atoms with Gasteiger partial charge in [0.15, 0.2) is 0 Å². The SMILES string of the molecule is CCC(CC)C(N)c1nc2c(s1)CCC2. The average Bonchev–Trinajstić information content (AvgIpc) is 2.78. The van der Waals surface area contributed by atoms with Crippen molar-refractivity contribution in [2.75, 3.05) is 0 Å². The first-order valence-corrected chi connectivity index (χ1v) is 6.82. The third-order valence-electron chi connectivity index (χ3n) is 3.45. The lowest BCUT2D eigenvalue weighted by Gasteiger charge is -2.18. The van der Waals surface area contributed by atoms with Crippen LogP contribution < -0.4 is 5.73 Å². The molecule has 0 amide bonds. The molecule has 0 fully saturated rings. The second-order valence-electron chi connectivity index (χ2n) is 4.38. The van der Waals surface area contributed by atoms with Crippen molar-refractivity contribution in [3.05, 3.63) is 15.6 Å². The standard InChI is InChI=1S/C12H20N2S/c1-3-8(4-2)11(13)12-14-9-6-5-7-10(9)15-12/h8,11H,3-7,13H2,1-2H3. The molecule has 1 aliphatic carbocycles. The van der Waals surface area contributed by atoms with Crippen LogP contribution >= 0.6 is 11.3 Å². The van der Waals surface area contributed by atoms with Crippen molar-refractivity contribution < 1.29 is 0 Å². The number of aromatic nitrogens is 1. The number of nitrogens with zero attached hydrogens (tertiary/aromatic N) is 1. The van der Waals surface area contributed by atoms with E-state index in [-0.39, 0.29) is 6.04 Å². The molecule has 1 heterocycles. The lowest BCUT2D eigenvalue weighted by Crippen LogP contribution is -2.20. The van der Waals surface area contributed by atoms with Gasteiger partial charge in [0, 0.05) is 4.88 Å². The fraction of sp³-hybridized carbons (Fsp3) is 0.750. The molecule has 2 rings (SSSR count). The smallest absolute Gasteiger partial charge is 0.110 e. The number of fused-ring (bicyclic) bond motifs is 1. The summed E-state index contributed by atoms with van der Waals surface area (Å²) in [5, 5.41) is 1.17. The number of hydrogen-bond donors (Lipinski definition) is 1.